The summed E-state index contributed by atoms with van der Waals surface area (Å²) in [4.78, 5) is 0. The van der Waals surface area contributed by atoms with Crippen LogP contribution in [0.25, 0.3) is 0 Å². The van der Waals surface area contributed by atoms with E-state index in [1.54, 1.807) is 0 Å². The third kappa shape index (κ3) is 9.92. The first-order valence-corrected chi connectivity index (χ1v) is 4.22. The van der Waals surface area contributed by atoms with Gasteiger partial charge in [-0.15, -0.1) is 0 Å². The van der Waals surface area contributed by atoms with Crippen LogP contribution >= 0.6 is 0 Å². The third-order valence-corrected chi connectivity index (χ3v) is 1.11. The molecule has 0 heterocycles. The van der Waals surface area contributed by atoms with Crippen molar-refractivity contribution in [2.24, 2.45) is 5.92 Å². The monoisotopic (exact) mass is 159 g/mol. The molecule has 2 heteroatoms. The molecule has 0 aliphatic rings. The number of hydrogen-bond acceptors (Lipinski definition) is 2. The van der Waals surface area contributed by atoms with Gasteiger partial charge in [-0.2, -0.15) is 0 Å². The lowest BCUT2D eigenvalue weighted by atomic mass is 10.2. The Bertz CT molecular complexity index is 72.0. The van der Waals surface area contributed by atoms with Gasteiger partial charge in [-0.3, -0.25) is 0 Å². The van der Waals surface area contributed by atoms with E-state index >= 15 is 0 Å². The SMILES string of the molecule is [CH2]CCOCCOCC(C)C. The molecule has 0 unspecified atom stereocenters. The van der Waals surface area contributed by atoms with Crippen molar-refractivity contribution in [2.45, 2.75) is 20.3 Å². The third-order valence-electron chi connectivity index (χ3n) is 1.11. The van der Waals surface area contributed by atoms with E-state index in [0.29, 0.717) is 19.1 Å². The number of ether oxygens (including phenoxy) is 2. The highest BCUT2D eigenvalue weighted by molar-refractivity contribution is 4.40. The minimum absolute atomic E-state index is 0.614. The van der Waals surface area contributed by atoms with Crippen LogP contribution in [0.1, 0.15) is 20.3 Å². The van der Waals surface area contributed by atoms with Crippen LogP contribution in [0, 0.1) is 12.8 Å². The van der Waals surface area contributed by atoms with Crippen LogP contribution in [0.15, 0.2) is 0 Å². The molecule has 0 spiro atoms. The minimum Gasteiger partial charge on any atom is -0.379 e. The molecule has 0 saturated heterocycles. The molecule has 0 atom stereocenters. The highest BCUT2D eigenvalue weighted by Gasteiger charge is 1.92. The summed E-state index contributed by atoms with van der Waals surface area (Å²) in [6, 6.07) is 0. The summed E-state index contributed by atoms with van der Waals surface area (Å²) in [6.07, 6.45) is 0.837. The fourth-order valence-electron chi connectivity index (χ4n) is 0.641. The molecular weight excluding hydrogens is 140 g/mol. The molecule has 0 N–H and O–H groups in total. The highest BCUT2D eigenvalue weighted by Crippen LogP contribution is 1.91. The van der Waals surface area contributed by atoms with Gasteiger partial charge in [0.25, 0.3) is 0 Å². The van der Waals surface area contributed by atoms with Crippen molar-refractivity contribution in [3.05, 3.63) is 6.92 Å². The van der Waals surface area contributed by atoms with Gasteiger partial charge in [-0.05, 0) is 12.3 Å². The Balaban J connectivity index is 2.80. The van der Waals surface area contributed by atoms with Crippen molar-refractivity contribution >= 4 is 0 Å². The van der Waals surface area contributed by atoms with Gasteiger partial charge in [0.15, 0.2) is 0 Å². The van der Waals surface area contributed by atoms with E-state index in [2.05, 4.69) is 20.8 Å². The van der Waals surface area contributed by atoms with Crippen molar-refractivity contribution in [1.29, 1.82) is 0 Å². The quantitative estimate of drug-likeness (QED) is 0.528. The molecule has 0 saturated carbocycles. The number of hydrogen-bond donors (Lipinski definition) is 0. The van der Waals surface area contributed by atoms with Gasteiger partial charge in [-0.1, -0.05) is 20.8 Å². The maximum absolute atomic E-state index is 5.30. The van der Waals surface area contributed by atoms with Crippen molar-refractivity contribution < 1.29 is 9.47 Å². The summed E-state index contributed by atoms with van der Waals surface area (Å²) < 4.78 is 10.5. The predicted molar refractivity (Wildman–Crippen MR) is 46.5 cm³/mol. The second-order valence-electron chi connectivity index (χ2n) is 2.93. The van der Waals surface area contributed by atoms with E-state index < -0.39 is 0 Å². The molecule has 0 rings (SSSR count). The van der Waals surface area contributed by atoms with E-state index in [1.807, 2.05) is 0 Å². The van der Waals surface area contributed by atoms with E-state index in [4.69, 9.17) is 9.47 Å². The zero-order valence-corrected chi connectivity index (χ0v) is 7.64. The molecule has 0 aromatic rings. The zero-order chi connectivity index (χ0) is 8.53. The van der Waals surface area contributed by atoms with Gasteiger partial charge in [0.1, 0.15) is 0 Å². The van der Waals surface area contributed by atoms with Gasteiger partial charge in [0.05, 0.1) is 13.2 Å². The van der Waals surface area contributed by atoms with Gasteiger partial charge >= 0.3 is 0 Å². The molecule has 0 aliphatic heterocycles. The van der Waals surface area contributed by atoms with Crippen LogP contribution in [0.3, 0.4) is 0 Å². The standard InChI is InChI=1S/C9H19O2/c1-4-5-10-6-7-11-8-9(2)3/h9H,1,4-8H2,2-3H3. The second-order valence-corrected chi connectivity index (χ2v) is 2.93. The number of rotatable bonds is 7. The maximum atomic E-state index is 5.30. The first-order chi connectivity index (χ1) is 5.27. The largest absolute Gasteiger partial charge is 0.379 e. The summed E-state index contributed by atoms with van der Waals surface area (Å²) in [7, 11) is 0. The molecule has 0 amide bonds. The minimum atomic E-state index is 0.614. The molecule has 0 aromatic carbocycles. The Kier molecular flexibility index (Phi) is 7.96. The zero-order valence-electron chi connectivity index (χ0n) is 7.64. The Morgan fingerprint density at radius 2 is 1.73 bits per heavy atom. The van der Waals surface area contributed by atoms with Crippen molar-refractivity contribution in [3.8, 4) is 0 Å². The Morgan fingerprint density at radius 1 is 1.09 bits per heavy atom. The first-order valence-electron chi connectivity index (χ1n) is 4.22. The smallest absolute Gasteiger partial charge is 0.0700 e. The average Bonchev–Trinajstić information content (AvgIpc) is 1.96. The maximum Gasteiger partial charge on any atom is 0.0700 e. The lowest BCUT2D eigenvalue weighted by Gasteiger charge is -2.06. The molecule has 2 nitrogen and oxygen atoms in total. The Labute approximate surface area is 69.9 Å². The van der Waals surface area contributed by atoms with Crippen molar-refractivity contribution in [1.82, 2.24) is 0 Å². The van der Waals surface area contributed by atoms with E-state index in [0.717, 1.165) is 19.6 Å². The lowest BCUT2D eigenvalue weighted by molar-refractivity contribution is 0.0391. The van der Waals surface area contributed by atoms with Gasteiger partial charge in [0.2, 0.25) is 0 Å². The molecule has 11 heavy (non-hydrogen) atoms. The molecule has 0 bridgehead atoms. The highest BCUT2D eigenvalue weighted by atomic mass is 16.5. The van der Waals surface area contributed by atoms with Crippen LogP contribution < -0.4 is 0 Å². The summed E-state index contributed by atoms with van der Waals surface area (Å²) in [5.41, 5.74) is 0. The second kappa shape index (κ2) is 8.02. The van der Waals surface area contributed by atoms with Crippen molar-refractivity contribution in [3.63, 3.8) is 0 Å². The van der Waals surface area contributed by atoms with Gasteiger partial charge in [0, 0.05) is 13.2 Å². The first kappa shape index (κ1) is 10.9. The molecule has 1 radical (unpaired) electrons. The summed E-state index contributed by atoms with van der Waals surface area (Å²) in [6.45, 7) is 10.9. The predicted octanol–water partition coefficient (Wildman–Crippen LogP) is 1.90. The van der Waals surface area contributed by atoms with E-state index in [-0.39, 0.29) is 0 Å². The van der Waals surface area contributed by atoms with Crippen molar-refractivity contribution in [2.75, 3.05) is 26.4 Å². The van der Waals surface area contributed by atoms with E-state index in [1.165, 1.54) is 0 Å². The van der Waals surface area contributed by atoms with Crippen LogP contribution in [-0.4, -0.2) is 26.4 Å². The van der Waals surface area contributed by atoms with Crippen LogP contribution in [-0.2, 0) is 9.47 Å². The van der Waals surface area contributed by atoms with Gasteiger partial charge < -0.3 is 9.47 Å². The van der Waals surface area contributed by atoms with Crippen LogP contribution in [0.2, 0.25) is 0 Å². The topological polar surface area (TPSA) is 18.5 Å². The molecule has 0 fully saturated rings. The summed E-state index contributed by atoms with van der Waals surface area (Å²) in [5.74, 6) is 0.614. The Morgan fingerprint density at radius 3 is 2.27 bits per heavy atom. The van der Waals surface area contributed by atoms with Crippen LogP contribution in [0.4, 0.5) is 0 Å². The Hall–Kier alpha value is -0.0800. The molecule has 0 aliphatic carbocycles. The lowest BCUT2D eigenvalue weighted by Crippen LogP contribution is -2.08. The van der Waals surface area contributed by atoms with Gasteiger partial charge in [-0.25, -0.2) is 0 Å². The fourth-order valence-corrected chi connectivity index (χ4v) is 0.641. The normalized spacial score (nSPS) is 10.9. The van der Waals surface area contributed by atoms with E-state index in [9.17, 15) is 0 Å². The molecule has 67 valence electrons. The van der Waals surface area contributed by atoms with Crippen LogP contribution in [0.5, 0.6) is 0 Å². The molecular formula is C9H19O2. The fraction of sp³-hybridized carbons (Fsp3) is 0.889. The summed E-state index contributed by atoms with van der Waals surface area (Å²) >= 11 is 0. The summed E-state index contributed by atoms with van der Waals surface area (Å²) in [5, 5.41) is 0. The average molecular weight is 159 g/mol. The molecule has 0 aromatic heterocycles.